The number of hydrogen-bond acceptors (Lipinski definition) is 3. The van der Waals surface area contributed by atoms with E-state index in [-0.39, 0.29) is 42.4 Å². The molecule has 0 bridgehead atoms. The first-order valence-corrected chi connectivity index (χ1v) is 8.17. The number of amides is 2. The number of nitrogens with two attached hydrogens (primary N) is 1. The lowest BCUT2D eigenvalue weighted by molar-refractivity contribution is -0.137. The highest BCUT2D eigenvalue weighted by Crippen LogP contribution is 2.29. The summed E-state index contributed by atoms with van der Waals surface area (Å²) in [6, 6.07) is 3.87. The molecule has 0 aliphatic carbocycles. The summed E-state index contributed by atoms with van der Waals surface area (Å²) in [5.74, 6) is -0.559. The summed E-state index contributed by atoms with van der Waals surface area (Å²) in [6.07, 6.45) is -2.61. The average molecular weight is 394 g/mol. The van der Waals surface area contributed by atoms with Crippen LogP contribution in [0.5, 0.6) is 0 Å². The van der Waals surface area contributed by atoms with Gasteiger partial charge in [0.05, 0.1) is 12.1 Å². The number of carbonyl (C=O) groups excluding carboxylic acids is 2. The van der Waals surface area contributed by atoms with E-state index in [1.54, 1.807) is 4.90 Å². The van der Waals surface area contributed by atoms with Gasteiger partial charge in [0.1, 0.15) is 0 Å². The molecule has 1 fully saturated rings. The number of nitrogens with zero attached hydrogens (tertiary/aromatic N) is 1. The van der Waals surface area contributed by atoms with Gasteiger partial charge in [-0.25, -0.2) is 0 Å². The van der Waals surface area contributed by atoms with Gasteiger partial charge in [-0.1, -0.05) is 0 Å². The van der Waals surface area contributed by atoms with Gasteiger partial charge in [0.15, 0.2) is 0 Å². The van der Waals surface area contributed by atoms with Crippen LogP contribution in [0.4, 0.5) is 13.2 Å². The molecule has 3 N–H and O–H groups in total. The van der Waals surface area contributed by atoms with Crippen molar-refractivity contribution in [2.24, 2.45) is 11.7 Å². The maximum absolute atomic E-state index is 12.5. The summed E-state index contributed by atoms with van der Waals surface area (Å²) < 4.78 is 37.5. The lowest BCUT2D eigenvalue weighted by Gasteiger charge is -2.34. The number of likely N-dealkylation sites (tertiary alicyclic amines) is 1. The smallest absolute Gasteiger partial charge is 0.343 e. The summed E-state index contributed by atoms with van der Waals surface area (Å²) >= 11 is 0. The number of halogens is 4. The van der Waals surface area contributed by atoms with Gasteiger partial charge >= 0.3 is 6.18 Å². The molecule has 2 atom stereocenters. The van der Waals surface area contributed by atoms with E-state index < -0.39 is 17.6 Å². The first-order valence-electron chi connectivity index (χ1n) is 8.17. The predicted octanol–water partition coefficient (Wildman–Crippen LogP) is 2.44. The molecule has 2 rings (SSSR count). The zero-order valence-electron chi connectivity index (χ0n) is 14.4. The zero-order valence-corrected chi connectivity index (χ0v) is 15.2. The van der Waals surface area contributed by atoms with E-state index >= 15 is 0 Å². The lowest BCUT2D eigenvalue weighted by atomic mass is 9.92. The lowest BCUT2D eigenvalue weighted by Crippen LogP contribution is -2.48. The maximum atomic E-state index is 12.5. The Hall–Kier alpha value is -1.80. The molecule has 26 heavy (non-hydrogen) atoms. The molecule has 0 saturated carbocycles. The van der Waals surface area contributed by atoms with Gasteiger partial charge < -0.3 is 16.0 Å². The number of alkyl halides is 3. The molecular formula is C17H23ClF3N3O2. The third-order valence-corrected chi connectivity index (χ3v) is 4.43. The van der Waals surface area contributed by atoms with E-state index in [1.807, 2.05) is 6.92 Å². The van der Waals surface area contributed by atoms with Crippen LogP contribution in [-0.2, 0) is 11.0 Å². The van der Waals surface area contributed by atoms with E-state index in [1.165, 1.54) is 0 Å². The van der Waals surface area contributed by atoms with Gasteiger partial charge in [0.25, 0.3) is 5.91 Å². The molecule has 2 amide bonds. The highest BCUT2D eigenvalue weighted by atomic mass is 35.5. The van der Waals surface area contributed by atoms with Gasteiger partial charge in [-0.2, -0.15) is 13.2 Å². The van der Waals surface area contributed by atoms with E-state index in [0.29, 0.717) is 13.1 Å². The molecule has 1 aliphatic heterocycles. The van der Waals surface area contributed by atoms with Gasteiger partial charge in [0, 0.05) is 24.7 Å². The van der Waals surface area contributed by atoms with Gasteiger partial charge in [-0.15, -0.1) is 12.4 Å². The van der Waals surface area contributed by atoms with E-state index in [9.17, 15) is 22.8 Å². The minimum absolute atomic E-state index is 0. The number of piperidine rings is 1. The van der Waals surface area contributed by atoms with Crippen molar-refractivity contribution in [2.75, 3.05) is 19.6 Å². The Bertz CT molecular complexity index is 621. The van der Waals surface area contributed by atoms with Crippen molar-refractivity contribution in [3.05, 3.63) is 35.4 Å². The van der Waals surface area contributed by atoms with Crippen LogP contribution in [0.3, 0.4) is 0 Å². The van der Waals surface area contributed by atoms with Crippen LogP contribution in [0.25, 0.3) is 0 Å². The molecule has 1 aromatic carbocycles. The first-order chi connectivity index (χ1) is 11.7. The summed E-state index contributed by atoms with van der Waals surface area (Å²) in [4.78, 5) is 25.9. The Kier molecular flexibility index (Phi) is 7.89. The van der Waals surface area contributed by atoms with Crippen molar-refractivity contribution >= 4 is 24.2 Å². The van der Waals surface area contributed by atoms with Gasteiger partial charge in [-0.05, 0) is 49.9 Å². The summed E-state index contributed by atoms with van der Waals surface area (Å²) in [5, 5.41) is 2.46. The highest BCUT2D eigenvalue weighted by molar-refractivity contribution is 5.96. The third-order valence-electron chi connectivity index (χ3n) is 4.43. The number of nitrogens with one attached hydrogen (secondary N) is 1. The fourth-order valence-electron chi connectivity index (χ4n) is 2.85. The molecule has 1 heterocycles. The van der Waals surface area contributed by atoms with Crippen molar-refractivity contribution in [1.29, 1.82) is 0 Å². The van der Waals surface area contributed by atoms with Gasteiger partial charge in [-0.3, -0.25) is 9.59 Å². The fraction of sp³-hybridized carbons (Fsp3) is 0.529. The topological polar surface area (TPSA) is 75.4 Å². The SMILES string of the molecule is CC(N)C1CCCN(C(=O)CNC(=O)c2ccc(C(F)(F)F)cc2)C1.Cl. The number of carbonyl (C=O) groups is 2. The highest BCUT2D eigenvalue weighted by Gasteiger charge is 2.30. The second kappa shape index (κ2) is 9.23. The minimum Gasteiger partial charge on any atom is -0.343 e. The molecule has 0 spiro atoms. The van der Waals surface area contributed by atoms with Crippen LogP contribution in [0.15, 0.2) is 24.3 Å². The number of rotatable bonds is 4. The molecule has 2 unspecified atom stereocenters. The minimum atomic E-state index is -4.45. The van der Waals surface area contributed by atoms with Crippen molar-refractivity contribution in [3.8, 4) is 0 Å². The zero-order chi connectivity index (χ0) is 18.6. The predicted molar refractivity (Wildman–Crippen MR) is 94.0 cm³/mol. The molecule has 9 heteroatoms. The van der Waals surface area contributed by atoms with Crippen LogP contribution in [0.2, 0.25) is 0 Å². The van der Waals surface area contributed by atoms with Crippen molar-refractivity contribution in [2.45, 2.75) is 32.0 Å². The van der Waals surface area contributed by atoms with Crippen molar-refractivity contribution in [1.82, 2.24) is 10.2 Å². The quantitative estimate of drug-likeness (QED) is 0.825. The number of hydrogen-bond donors (Lipinski definition) is 2. The van der Waals surface area contributed by atoms with E-state index in [2.05, 4.69) is 5.32 Å². The monoisotopic (exact) mass is 393 g/mol. The Morgan fingerprint density at radius 2 is 1.92 bits per heavy atom. The van der Waals surface area contributed by atoms with Crippen LogP contribution in [0.1, 0.15) is 35.7 Å². The van der Waals surface area contributed by atoms with Crippen molar-refractivity contribution < 1.29 is 22.8 Å². The molecule has 1 aliphatic rings. The van der Waals surface area contributed by atoms with Gasteiger partial charge in [0.2, 0.25) is 5.91 Å². The molecule has 5 nitrogen and oxygen atoms in total. The Labute approximate surface area is 156 Å². The largest absolute Gasteiger partial charge is 0.416 e. The molecule has 0 radical (unpaired) electrons. The summed E-state index contributed by atoms with van der Waals surface area (Å²) in [7, 11) is 0. The van der Waals surface area contributed by atoms with Crippen LogP contribution in [-0.4, -0.2) is 42.4 Å². The molecule has 1 saturated heterocycles. The summed E-state index contributed by atoms with van der Waals surface area (Å²) in [6.45, 7) is 2.90. The number of benzene rings is 1. The molecule has 0 aromatic heterocycles. The Morgan fingerprint density at radius 3 is 2.46 bits per heavy atom. The second-order valence-electron chi connectivity index (χ2n) is 6.36. The molecular weight excluding hydrogens is 371 g/mol. The summed E-state index contributed by atoms with van der Waals surface area (Å²) in [5.41, 5.74) is 5.14. The average Bonchev–Trinajstić information content (AvgIpc) is 2.58. The standard InChI is InChI=1S/C17H22F3N3O2.ClH/c1-11(21)13-3-2-8-23(10-13)15(24)9-22-16(25)12-4-6-14(7-5-12)17(18,19)20;/h4-7,11,13H,2-3,8-10,21H2,1H3,(H,22,25);1H. The molecule has 1 aromatic rings. The first kappa shape index (κ1) is 22.2. The Morgan fingerprint density at radius 1 is 1.31 bits per heavy atom. The third kappa shape index (κ3) is 5.88. The van der Waals surface area contributed by atoms with Crippen LogP contribution in [0, 0.1) is 5.92 Å². The van der Waals surface area contributed by atoms with Crippen molar-refractivity contribution in [3.63, 3.8) is 0 Å². The van der Waals surface area contributed by atoms with E-state index in [4.69, 9.17) is 5.73 Å². The van der Waals surface area contributed by atoms with Crippen LogP contribution >= 0.6 is 12.4 Å². The second-order valence-corrected chi connectivity index (χ2v) is 6.36. The maximum Gasteiger partial charge on any atom is 0.416 e. The van der Waals surface area contributed by atoms with Crippen LogP contribution < -0.4 is 11.1 Å². The Balaban J connectivity index is 0.00000338. The molecule has 146 valence electrons. The fourth-order valence-corrected chi connectivity index (χ4v) is 2.85. The van der Waals surface area contributed by atoms with E-state index in [0.717, 1.165) is 37.1 Å². The normalized spacial score (nSPS) is 18.7.